The number of fused-ring (bicyclic) bond motifs is 1. The Bertz CT molecular complexity index is 1320. The summed E-state index contributed by atoms with van der Waals surface area (Å²) in [6, 6.07) is 8.77. The highest BCUT2D eigenvalue weighted by atomic mass is 35.5. The van der Waals surface area contributed by atoms with Gasteiger partial charge in [0.15, 0.2) is 0 Å². The molecule has 0 unspecified atom stereocenters. The highest BCUT2D eigenvalue weighted by molar-refractivity contribution is 6.34. The van der Waals surface area contributed by atoms with E-state index in [0.717, 1.165) is 24.3 Å². The maximum atomic E-state index is 13.2. The van der Waals surface area contributed by atoms with Gasteiger partial charge in [0, 0.05) is 26.7 Å². The van der Waals surface area contributed by atoms with Gasteiger partial charge in [0.1, 0.15) is 5.41 Å². The van der Waals surface area contributed by atoms with E-state index in [0.29, 0.717) is 46.0 Å². The summed E-state index contributed by atoms with van der Waals surface area (Å²) in [4.78, 5) is 19.0. The van der Waals surface area contributed by atoms with Crippen molar-refractivity contribution in [2.24, 2.45) is 12.5 Å². The molecule has 1 amide bonds. The molecule has 2 heterocycles. The molecule has 0 bridgehead atoms. The average Bonchev–Trinajstić information content (AvgIpc) is 3.62. The van der Waals surface area contributed by atoms with Crippen molar-refractivity contribution in [3.8, 4) is 0 Å². The second kappa shape index (κ2) is 9.32. The molecule has 1 aliphatic heterocycles. The number of hydrogen-bond acceptors (Lipinski definition) is 5. The quantitative estimate of drug-likeness (QED) is 0.436. The van der Waals surface area contributed by atoms with Crippen molar-refractivity contribution in [3.63, 3.8) is 0 Å². The molecule has 2 N–H and O–H groups in total. The minimum atomic E-state index is -4.55. The Morgan fingerprint density at radius 3 is 2.53 bits per heavy atom. The third-order valence-corrected chi connectivity index (χ3v) is 7.39. The number of morpholine rings is 1. The predicted molar refractivity (Wildman–Crippen MR) is 133 cm³/mol. The van der Waals surface area contributed by atoms with Crippen LogP contribution in [-0.4, -0.2) is 47.9 Å². The van der Waals surface area contributed by atoms with Gasteiger partial charge in [0.25, 0.3) is 0 Å². The second-order valence-electron chi connectivity index (χ2n) is 9.09. The monoisotopic (exact) mass is 541 g/mol. The van der Waals surface area contributed by atoms with Crippen molar-refractivity contribution in [1.82, 2.24) is 14.9 Å². The van der Waals surface area contributed by atoms with Crippen LogP contribution in [0.2, 0.25) is 10.0 Å². The number of benzene rings is 2. The maximum absolute atomic E-state index is 13.2. The van der Waals surface area contributed by atoms with Crippen molar-refractivity contribution in [3.05, 3.63) is 45.9 Å². The fourth-order valence-corrected chi connectivity index (χ4v) is 4.82. The van der Waals surface area contributed by atoms with E-state index in [1.165, 1.54) is 0 Å². The fraction of sp³-hybridized carbons (Fsp3) is 0.417. The number of alkyl halides is 3. The smallest absolute Gasteiger partial charge is 0.378 e. The van der Waals surface area contributed by atoms with E-state index < -0.39 is 17.5 Å². The number of carbonyl (C=O) groups is 1. The van der Waals surface area contributed by atoms with Gasteiger partial charge < -0.3 is 24.8 Å². The number of ether oxygens (including phenoxy) is 1. The average molecular weight is 542 g/mol. The van der Waals surface area contributed by atoms with Crippen molar-refractivity contribution < 1.29 is 22.7 Å². The summed E-state index contributed by atoms with van der Waals surface area (Å²) in [5.74, 6) is -0.486. The molecule has 7 nitrogen and oxygen atoms in total. The van der Waals surface area contributed by atoms with Crippen LogP contribution < -0.4 is 15.5 Å². The maximum Gasteiger partial charge on any atom is 0.403 e. The van der Waals surface area contributed by atoms with Crippen molar-refractivity contribution >= 4 is 57.5 Å². The minimum absolute atomic E-state index is 0.0520. The van der Waals surface area contributed by atoms with Crippen LogP contribution >= 0.6 is 23.2 Å². The van der Waals surface area contributed by atoms with Gasteiger partial charge in [-0.25, -0.2) is 4.98 Å². The Morgan fingerprint density at radius 2 is 1.86 bits per heavy atom. The Kier molecular flexibility index (Phi) is 6.46. The number of hydrogen-bond donors (Lipinski definition) is 2. The zero-order valence-electron chi connectivity index (χ0n) is 19.4. The number of imidazole rings is 1. The number of amides is 1. The molecular weight excluding hydrogens is 518 g/mol. The number of aryl methyl sites for hydroxylation is 1. The van der Waals surface area contributed by atoms with E-state index in [4.69, 9.17) is 27.9 Å². The van der Waals surface area contributed by atoms with Gasteiger partial charge in [-0.1, -0.05) is 29.3 Å². The normalized spacial score (nSPS) is 17.3. The SMILES string of the molecule is Cn1c(Nc2cc(CNC(=O)C3(C(F)(F)F)CC3)ccc2Cl)nc2cc(Cl)c(N3CCOCC3)cc21. The van der Waals surface area contributed by atoms with Crippen LogP contribution in [0.5, 0.6) is 0 Å². The van der Waals surface area contributed by atoms with Crippen LogP contribution in [0.15, 0.2) is 30.3 Å². The highest BCUT2D eigenvalue weighted by Gasteiger charge is 2.68. The van der Waals surface area contributed by atoms with E-state index in [1.807, 2.05) is 23.7 Å². The molecule has 2 aromatic carbocycles. The second-order valence-corrected chi connectivity index (χ2v) is 9.90. The first-order valence-electron chi connectivity index (χ1n) is 11.5. The first-order valence-corrected chi connectivity index (χ1v) is 12.2. The molecule has 3 aromatic rings. The van der Waals surface area contributed by atoms with Gasteiger partial charge in [0.2, 0.25) is 11.9 Å². The molecule has 1 aliphatic carbocycles. The summed E-state index contributed by atoms with van der Waals surface area (Å²) >= 11 is 12.9. The highest BCUT2D eigenvalue weighted by Crippen LogP contribution is 2.57. The number of anilines is 3. The van der Waals surface area contributed by atoms with Crippen molar-refractivity contribution in [2.45, 2.75) is 25.6 Å². The predicted octanol–water partition coefficient (Wildman–Crippen LogP) is 5.42. The topological polar surface area (TPSA) is 71.4 Å². The molecule has 2 aliphatic rings. The zero-order valence-corrected chi connectivity index (χ0v) is 20.9. The Balaban J connectivity index is 1.35. The molecule has 0 spiro atoms. The van der Waals surface area contributed by atoms with Gasteiger partial charge >= 0.3 is 6.18 Å². The van der Waals surface area contributed by atoms with Crippen LogP contribution in [0.4, 0.5) is 30.5 Å². The molecule has 1 saturated heterocycles. The van der Waals surface area contributed by atoms with Gasteiger partial charge in [-0.2, -0.15) is 13.2 Å². The lowest BCUT2D eigenvalue weighted by atomic mass is 10.1. The standard InChI is InChI=1S/C24H24Cl2F3N5O2/c1-33-20-12-19(34-6-8-36-9-7-34)16(26)11-18(20)32-22(33)31-17-10-14(2-3-15(17)25)13-30-21(35)23(4-5-23)24(27,28)29/h2-3,10-12H,4-9,13H2,1H3,(H,30,35)(H,31,32). The van der Waals surface area contributed by atoms with Gasteiger partial charge in [0.05, 0.1) is 45.7 Å². The Morgan fingerprint density at radius 1 is 1.14 bits per heavy atom. The van der Waals surface area contributed by atoms with E-state index >= 15 is 0 Å². The van der Waals surface area contributed by atoms with E-state index in [1.54, 1.807) is 18.2 Å². The molecule has 0 atom stereocenters. The number of rotatable bonds is 6. The summed E-state index contributed by atoms with van der Waals surface area (Å²) in [5.41, 5.74) is 1.33. The summed E-state index contributed by atoms with van der Waals surface area (Å²) in [5, 5.41) is 6.61. The van der Waals surface area contributed by atoms with E-state index in [9.17, 15) is 18.0 Å². The third kappa shape index (κ3) is 4.57. The summed E-state index contributed by atoms with van der Waals surface area (Å²) in [6.45, 7) is 2.72. The molecule has 12 heteroatoms. The lowest BCUT2D eigenvalue weighted by Crippen LogP contribution is -2.40. The van der Waals surface area contributed by atoms with Gasteiger partial charge in [-0.15, -0.1) is 0 Å². The molecule has 5 rings (SSSR count). The van der Waals surface area contributed by atoms with Gasteiger partial charge in [-0.05, 0) is 42.7 Å². The van der Waals surface area contributed by atoms with E-state index in [-0.39, 0.29) is 19.4 Å². The third-order valence-electron chi connectivity index (χ3n) is 6.76. The first-order chi connectivity index (χ1) is 17.1. The summed E-state index contributed by atoms with van der Waals surface area (Å²) in [6.07, 6.45) is -4.91. The molecule has 0 radical (unpaired) electrons. The first kappa shape index (κ1) is 25.0. The number of nitrogens with one attached hydrogen (secondary N) is 2. The van der Waals surface area contributed by atoms with Crippen LogP contribution in [0.3, 0.4) is 0 Å². The zero-order chi connectivity index (χ0) is 25.7. The number of carbonyl (C=O) groups excluding carboxylic acids is 1. The Hall–Kier alpha value is -2.69. The van der Waals surface area contributed by atoms with Crippen LogP contribution in [0.1, 0.15) is 18.4 Å². The molecule has 192 valence electrons. The van der Waals surface area contributed by atoms with Crippen molar-refractivity contribution in [1.29, 1.82) is 0 Å². The molecule has 2 fully saturated rings. The van der Waals surface area contributed by atoms with Crippen LogP contribution in [-0.2, 0) is 23.1 Å². The summed E-state index contributed by atoms with van der Waals surface area (Å²) in [7, 11) is 1.86. The fourth-order valence-electron chi connectivity index (χ4n) is 4.37. The number of aromatic nitrogens is 2. The number of halogens is 5. The number of nitrogens with zero attached hydrogens (tertiary/aromatic N) is 3. The Labute approximate surface area is 215 Å². The minimum Gasteiger partial charge on any atom is -0.378 e. The molecule has 1 aromatic heterocycles. The molecule has 1 saturated carbocycles. The van der Waals surface area contributed by atoms with Crippen molar-refractivity contribution in [2.75, 3.05) is 36.5 Å². The molecular formula is C24H24Cl2F3N5O2. The largest absolute Gasteiger partial charge is 0.403 e. The van der Waals surface area contributed by atoms with E-state index in [2.05, 4.69) is 20.5 Å². The lowest BCUT2D eigenvalue weighted by Gasteiger charge is -2.29. The summed E-state index contributed by atoms with van der Waals surface area (Å²) < 4.78 is 46.9. The van der Waals surface area contributed by atoms with Crippen LogP contribution in [0, 0.1) is 5.41 Å². The van der Waals surface area contributed by atoms with Crippen LogP contribution in [0.25, 0.3) is 11.0 Å². The lowest BCUT2D eigenvalue weighted by molar-refractivity contribution is -0.192. The molecule has 36 heavy (non-hydrogen) atoms. The van der Waals surface area contributed by atoms with Gasteiger partial charge in [-0.3, -0.25) is 4.79 Å².